The van der Waals surface area contributed by atoms with E-state index in [9.17, 15) is 4.79 Å². The van der Waals surface area contributed by atoms with E-state index in [1.165, 1.54) is 22.7 Å². The van der Waals surface area contributed by atoms with E-state index in [0.29, 0.717) is 33.8 Å². The lowest BCUT2D eigenvalue weighted by molar-refractivity contribution is 0.0985. The highest BCUT2D eigenvalue weighted by Gasteiger charge is 2.24. The van der Waals surface area contributed by atoms with Crippen molar-refractivity contribution in [3.63, 3.8) is 0 Å². The Balaban J connectivity index is 1.54. The first-order valence-electron chi connectivity index (χ1n) is 8.89. The SMILES string of the molecule is O=C(c1nc2ccccc2s1)N(CCn1cccn1)c1nc2c(Cl)cccc2s1. The largest absolute Gasteiger partial charge is 0.289 e. The summed E-state index contributed by atoms with van der Waals surface area (Å²) in [5.74, 6) is -0.173. The topological polar surface area (TPSA) is 63.9 Å². The first-order chi connectivity index (χ1) is 14.2. The highest BCUT2D eigenvalue weighted by molar-refractivity contribution is 7.23. The van der Waals surface area contributed by atoms with Gasteiger partial charge in [-0.15, -0.1) is 11.3 Å². The van der Waals surface area contributed by atoms with Crippen molar-refractivity contribution in [3.8, 4) is 0 Å². The van der Waals surface area contributed by atoms with Crippen LogP contribution in [0.2, 0.25) is 5.02 Å². The second kappa shape index (κ2) is 7.55. The van der Waals surface area contributed by atoms with Gasteiger partial charge in [0.2, 0.25) is 0 Å². The molecule has 0 bridgehead atoms. The van der Waals surface area contributed by atoms with E-state index < -0.39 is 0 Å². The van der Waals surface area contributed by atoms with E-state index >= 15 is 0 Å². The van der Waals surface area contributed by atoms with Gasteiger partial charge in [-0.2, -0.15) is 5.10 Å². The molecule has 0 unspecified atom stereocenters. The lowest BCUT2D eigenvalue weighted by atomic mass is 10.3. The molecule has 1 amide bonds. The van der Waals surface area contributed by atoms with Crippen LogP contribution in [0.1, 0.15) is 9.80 Å². The quantitative estimate of drug-likeness (QED) is 0.382. The fourth-order valence-electron chi connectivity index (χ4n) is 3.02. The molecule has 0 spiro atoms. The molecular formula is C20H14ClN5OS2. The number of hydrogen-bond acceptors (Lipinski definition) is 6. The van der Waals surface area contributed by atoms with Gasteiger partial charge in [0.1, 0.15) is 5.52 Å². The lowest BCUT2D eigenvalue weighted by Crippen LogP contribution is -2.34. The molecule has 0 saturated heterocycles. The summed E-state index contributed by atoms with van der Waals surface area (Å²) in [6.45, 7) is 0.973. The van der Waals surface area contributed by atoms with Gasteiger partial charge < -0.3 is 0 Å². The number of aromatic nitrogens is 4. The van der Waals surface area contributed by atoms with Crippen molar-refractivity contribution in [2.24, 2.45) is 0 Å². The van der Waals surface area contributed by atoms with Crippen molar-refractivity contribution in [2.75, 3.05) is 11.4 Å². The number of anilines is 1. The Hall–Kier alpha value is -2.81. The van der Waals surface area contributed by atoms with Gasteiger partial charge in [-0.3, -0.25) is 14.4 Å². The summed E-state index contributed by atoms with van der Waals surface area (Å²) in [6, 6.07) is 15.2. The standard InChI is InChI=1S/C20H14ClN5OS2/c21-13-5-3-8-16-17(13)24-20(29-16)26(12-11-25-10-4-9-22-25)19(27)18-23-14-6-1-2-7-15(14)28-18/h1-10H,11-12H2. The van der Waals surface area contributed by atoms with Gasteiger partial charge in [-0.1, -0.05) is 41.1 Å². The van der Waals surface area contributed by atoms with E-state index in [2.05, 4.69) is 15.1 Å². The predicted molar refractivity (Wildman–Crippen MR) is 118 cm³/mol. The Bertz CT molecular complexity index is 1280. The number of carbonyl (C=O) groups excluding carboxylic acids is 1. The van der Waals surface area contributed by atoms with Gasteiger partial charge in [0.25, 0.3) is 5.91 Å². The molecule has 3 aromatic heterocycles. The molecular weight excluding hydrogens is 426 g/mol. The number of fused-ring (bicyclic) bond motifs is 2. The highest BCUT2D eigenvalue weighted by Crippen LogP contribution is 2.34. The van der Waals surface area contributed by atoms with Crippen LogP contribution in [0.4, 0.5) is 5.13 Å². The summed E-state index contributed by atoms with van der Waals surface area (Å²) >= 11 is 9.13. The number of halogens is 1. The van der Waals surface area contributed by atoms with Crippen molar-refractivity contribution >= 4 is 65.7 Å². The Morgan fingerprint density at radius 3 is 2.69 bits per heavy atom. The summed E-state index contributed by atoms with van der Waals surface area (Å²) < 4.78 is 3.71. The molecule has 0 saturated carbocycles. The summed E-state index contributed by atoms with van der Waals surface area (Å²) in [7, 11) is 0. The minimum absolute atomic E-state index is 0.173. The van der Waals surface area contributed by atoms with Crippen LogP contribution in [-0.2, 0) is 6.54 Å². The van der Waals surface area contributed by atoms with Crippen molar-refractivity contribution in [1.82, 2.24) is 19.7 Å². The van der Waals surface area contributed by atoms with Crippen molar-refractivity contribution in [2.45, 2.75) is 6.54 Å². The molecule has 0 radical (unpaired) electrons. The molecule has 29 heavy (non-hydrogen) atoms. The average molecular weight is 440 g/mol. The number of rotatable bonds is 5. The number of thiazole rings is 2. The zero-order valence-electron chi connectivity index (χ0n) is 15.0. The molecule has 2 aromatic carbocycles. The molecule has 0 atom stereocenters. The van der Waals surface area contributed by atoms with Gasteiger partial charge in [0.15, 0.2) is 10.1 Å². The van der Waals surface area contributed by atoms with Gasteiger partial charge in [0, 0.05) is 18.9 Å². The average Bonchev–Trinajstić information content (AvgIpc) is 3.47. The maximum Gasteiger partial charge on any atom is 0.289 e. The minimum Gasteiger partial charge on any atom is -0.280 e. The van der Waals surface area contributed by atoms with Crippen molar-refractivity contribution in [3.05, 3.63) is 71.0 Å². The number of carbonyl (C=O) groups is 1. The number of benzene rings is 2. The Kier molecular flexibility index (Phi) is 4.75. The zero-order chi connectivity index (χ0) is 19.8. The maximum absolute atomic E-state index is 13.4. The van der Waals surface area contributed by atoms with Crippen molar-refractivity contribution < 1.29 is 4.79 Å². The molecule has 5 aromatic rings. The smallest absolute Gasteiger partial charge is 0.280 e. The Labute approximate surface area is 179 Å². The van der Waals surface area contributed by atoms with E-state index in [-0.39, 0.29) is 5.91 Å². The van der Waals surface area contributed by atoms with Crippen LogP contribution in [-0.4, -0.2) is 32.2 Å². The van der Waals surface area contributed by atoms with Gasteiger partial charge in [0.05, 0.1) is 26.5 Å². The minimum atomic E-state index is -0.173. The first-order valence-corrected chi connectivity index (χ1v) is 10.9. The lowest BCUT2D eigenvalue weighted by Gasteiger charge is -2.18. The third-order valence-corrected chi connectivity index (χ3v) is 6.80. The summed E-state index contributed by atoms with van der Waals surface area (Å²) in [6.07, 6.45) is 3.59. The van der Waals surface area contributed by atoms with Crippen molar-refractivity contribution in [1.29, 1.82) is 0 Å². The molecule has 144 valence electrons. The van der Waals surface area contributed by atoms with Crippen LogP contribution in [0.3, 0.4) is 0 Å². The first kappa shape index (κ1) is 18.2. The fraction of sp³-hybridized carbons (Fsp3) is 0.100. The van der Waals surface area contributed by atoms with E-state index in [1.54, 1.807) is 21.8 Å². The van der Waals surface area contributed by atoms with E-state index in [0.717, 1.165) is 14.9 Å². The summed E-state index contributed by atoms with van der Waals surface area (Å²) in [4.78, 5) is 24.3. The third kappa shape index (κ3) is 3.50. The van der Waals surface area contributed by atoms with Crippen LogP contribution >= 0.6 is 34.3 Å². The molecule has 0 aliphatic heterocycles. The maximum atomic E-state index is 13.4. The predicted octanol–water partition coefficient (Wildman–Crippen LogP) is 5.10. The number of hydrogen-bond donors (Lipinski definition) is 0. The highest BCUT2D eigenvalue weighted by atomic mass is 35.5. The van der Waals surface area contributed by atoms with E-state index in [1.807, 2.05) is 48.7 Å². The zero-order valence-corrected chi connectivity index (χ0v) is 17.4. The Morgan fingerprint density at radius 1 is 1.03 bits per heavy atom. The molecule has 3 heterocycles. The molecule has 5 rings (SSSR count). The molecule has 9 heteroatoms. The van der Waals surface area contributed by atoms with Crippen LogP contribution in [0.25, 0.3) is 20.4 Å². The van der Waals surface area contributed by atoms with Gasteiger partial charge >= 0.3 is 0 Å². The summed E-state index contributed by atoms with van der Waals surface area (Å²) in [5.41, 5.74) is 1.52. The number of amides is 1. The van der Waals surface area contributed by atoms with Crippen LogP contribution in [0.5, 0.6) is 0 Å². The van der Waals surface area contributed by atoms with Gasteiger partial charge in [-0.05, 0) is 30.3 Å². The van der Waals surface area contributed by atoms with E-state index in [4.69, 9.17) is 11.6 Å². The monoisotopic (exact) mass is 439 g/mol. The molecule has 0 fully saturated rings. The molecule has 6 nitrogen and oxygen atoms in total. The second-order valence-electron chi connectivity index (χ2n) is 6.30. The number of para-hydroxylation sites is 2. The molecule has 0 aliphatic carbocycles. The van der Waals surface area contributed by atoms with Crippen LogP contribution in [0, 0.1) is 0 Å². The summed E-state index contributed by atoms with van der Waals surface area (Å²) in [5, 5.41) is 5.85. The second-order valence-corrected chi connectivity index (χ2v) is 8.74. The van der Waals surface area contributed by atoms with Crippen LogP contribution < -0.4 is 4.90 Å². The van der Waals surface area contributed by atoms with Crippen LogP contribution in [0.15, 0.2) is 60.9 Å². The van der Waals surface area contributed by atoms with Gasteiger partial charge in [-0.25, -0.2) is 9.97 Å². The fourth-order valence-corrected chi connectivity index (χ4v) is 5.22. The number of nitrogens with zero attached hydrogens (tertiary/aromatic N) is 5. The Morgan fingerprint density at radius 2 is 1.90 bits per heavy atom. The third-order valence-electron chi connectivity index (χ3n) is 4.42. The normalized spacial score (nSPS) is 11.3. The molecule has 0 N–H and O–H groups in total. The molecule has 0 aliphatic rings.